The molecule has 0 aliphatic heterocycles. The normalized spacial score (nSPS) is 10.9. The molecule has 1 aromatic heterocycles. The third-order valence-corrected chi connectivity index (χ3v) is 4.14. The highest BCUT2D eigenvalue weighted by Crippen LogP contribution is 2.17. The van der Waals surface area contributed by atoms with Crippen molar-refractivity contribution in [3.8, 4) is 11.4 Å². The van der Waals surface area contributed by atoms with Gasteiger partial charge in [0.25, 0.3) is 0 Å². The highest BCUT2D eigenvalue weighted by atomic mass is 35.5. The third kappa shape index (κ3) is 4.92. The fourth-order valence-electron chi connectivity index (χ4n) is 2.45. The van der Waals surface area contributed by atoms with E-state index in [1.54, 1.807) is 23.1 Å². The molecule has 0 aliphatic rings. The van der Waals surface area contributed by atoms with Crippen LogP contribution in [0.1, 0.15) is 11.5 Å². The van der Waals surface area contributed by atoms with Crippen molar-refractivity contribution in [3.63, 3.8) is 0 Å². The lowest BCUT2D eigenvalue weighted by Crippen LogP contribution is -2.29. The molecule has 3 rings (SSSR count). The first-order chi connectivity index (χ1) is 13.2. The molecule has 0 fully saturated rings. The molecule has 2 aromatic carbocycles. The van der Waals surface area contributed by atoms with Crippen molar-refractivity contribution in [2.75, 3.05) is 6.54 Å². The van der Waals surface area contributed by atoms with Crippen LogP contribution in [0.2, 0.25) is 5.02 Å². The summed E-state index contributed by atoms with van der Waals surface area (Å²) in [5, 5.41) is 4.56. The number of hydrogen-bond donors (Lipinski definition) is 0. The Morgan fingerprint density at radius 1 is 1.15 bits per heavy atom. The fraction of sp³-hybridized carbons (Fsp3) is 0.0952. The fourth-order valence-corrected chi connectivity index (χ4v) is 2.65. The van der Waals surface area contributed by atoms with Crippen LogP contribution >= 0.6 is 11.6 Å². The average Bonchev–Trinajstić information content (AvgIpc) is 3.16. The Morgan fingerprint density at radius 2 is 1.89 bits per heavy atom. The van der Waals surface area contributed by atoms with E-state index in [0.29, 0.717) is 23.3 Å². The highest BCUT2D eigenvalue weighted by Gasteiger charge is 2.15. The van der Waals surface area contributed by atoms with Crippen molar-refractivity contribution >= 4 is 23.6 Å². The molecule has 1 amide bonds. The topological polar surface area (TPSA) is 59.2 Å². The zero-order valence-corrected chi connectivity index (χ0v) is 15.3. The quantitative estimate of drug-likeness (QED) is 0.444. The minimum Gasteiger partial charge on any atom is -0.337 e. The van der Waals surface area contributed by atoms with E-state index in [4.69, 9.17) is 16.1 Å². The first kappa shape index (κ1) is 18.6. The van der Waals surface area contributed by atoms with Gasteiger partial charge >= 0.3 is 0 Å². The standard InChI is InChI=1S/C21H18ClN3O2/c1-2-14-25(20(26)13-12-16-8-6-7-11-18(16)22)15-19-23-21(24-27-19)17-9-4-3-5-10-17/h2-13H,1,14-15H2/b13-12+. The van der Waals surface area contributed by atoms with Gasteiger partial charge in [0.2, 0.25) is 17.6 Å². The molecule has 0 aliphatic carbocycles. The van der Waals surface area contributed by atoms with Gasteiger partial charge in [-0.1, -0.05) is 71.4 Å². The zero-order chi connectivity index (χ0) is 19.1. The smallest absolute Gasteiger partial charge is 0.247 e. The maximum absolute atomic E-state index is 12.6. The van der Waals surface area contributed by atoms with Crippen LogP contribution in [-0.4, -0.2) is 27.5 Å². The number of carbonyl (C=O) groups is 1. The highest BCUT2D eigenvalue weighted by molar-refractivity contribution is 6.32. The van der Waals surface area contributed by atoms with E-state index < -0.39 is 0 Å². The van der Waals surface area contributed by atoms with Crippen LogP contribution in [0.5, 0.6) is 0 Å². The first-order valence-corrected chi connectivity index (χ1v) is 8.75. The van der Waals surface area contributed by atoms with Crippen molar-refractivity contribution in [2.45, 2.75) is 6.54 Å². The average molecular weight is 380 g/mol. The summed E-state index contributed by atoms with van der Waals surface area (Å²) in [5.41, 5.74) is 1.63. The number of carbonyl (C=O) groups excluding carboxylic acids is 1. The molecule has 136 valence electrons. The lowest BCUT2D eigenvalue weighted by molar-refractivity contribution is -0.126. The molecular weight excluding hydrogens is 362 g/mol. The molecule has 0 atom stereocenters. The van der Waals surface area contributed by atoms with Gasteiger partial charge in [0.1, 0.15) is 6.54 Å². The van der Waals surface area contributed by atoms with E-state index in [1.165, 1.54) is 6.08 Å². The molecule has 27 heavy (non-hydrogen) atoms. The third-order valence-electron chi connectivity index (χ3n) is 3.80. The Labute approximate surface area is 162 Å². The van der Waals surface area contributed by atoms with Crippen molar-refractivity contribution in [3.05, 3.63) is 89.8 Å². The number of halogens is 1. The molecule has 0 bridgehead atoms. The van der Waals surface area contributed by atoms with E-state index in [2.05, 4.69) is 16.7 Å². The summed E-state index contributed by atoms with van der Waals surface area (Å²) in [4.78, 5) is 18.5. The molecule has 0 radical (unpaired) electrons. The van der Waals surface area contributed by atoms with Gasteiger partial charge in [0, 0.05) is 23.2 Å². The molecule has 5 nitrogen and oxygen atoms in total. The van der Waals surface area contributed by atoms with E-state index in [9.17, 15) is 4.79 Å². The minimum absolute atomic E-state index is 0.192. The summed E-state index contributed by atoms with van der Waals surface area (Å²) in [6, 6.07) is 16.8. The van der Waals surface area contributed by atoms with Crippen LogP contribution in [-0.2, 0) is 11.3 Å². The number of hydrogen-bond acceptors (Lipinski definition) is 4. The molecule has 1 heterocycles. The second-order valence-electron chi connectivity index (χ2n) is 5.74. The summed E-state index contributed by atoms with van der Waals surface area (Å²) in [7, 11) is 0. The van der Waals surface area contributed by atoms with Crippen LogP contribution < -0.4 is 0 Å². The molecule has 6 heteroatoms. The predicted octanol–water partition coefficient (Wildman–Crippen LogP) is 4.62. The van der Waals surface area contributed by atoms with Crippen molar-refractivity contribution in [1.82, 2.24) is 15.0 Å². The molecule has 0 spiro atoms. The summed E-state index contributed by atoms with van der Waals surface area (Å²) >= 11 is 6.11. The zero-order valence-electron chi connectivity index (χ0n) is 14.6. The van der Waals surface area contributed by atoms with Gasteiger partial charge in [-0.2, -0.15) is 4.98 Å². The lowest BCUT2D eigenvalue weighted by atomic mass is 10.2. The Balaban J connectivity index is 1.72. The largest absolute Gasteiger partial charge is 0.337 e. The lowest BCUT2D eigenvalue weighted by Gasteiger charge is -2.16. The number of aromatic nitrogens is 2. The maximum Gasteiger partial charge on any atom is 0.247 e. The number of nitrogens with zero attached hydrogens (tertiary/aromatic N) is 3. The Morgan fingerprint density at radius 3 is 2.63 bits per heavy atom. The van der Waals surface area contributed by atoms with Gasteiger partial charge in [-0.3, -0.25) is 4.79 Å². The van der Waals surface area contributed by atoms with Crippen LogP contribution in [0.15, 0.2) is 77.9 Å². The van der Waals surface area contributed by atoms with Crippen molar-refractivity contribution in [2.24, 2.45) is 0 Å². The molecular formula is C21H18ClN3O2. The molecule has 0 saturated carbocycles. The van der Waals surface area contributed by atoms with Crippen LogP contribution in [0.25, 0.3) is 17.5 Å². The second kappa shape index (κ2) is 8.96. The van der Waals surface area contributed by atoms with Gasteiger partial charge in [-0.05, 0) is 17.7 Å². The summed E-state index contributed by atoms with van der Waals surface area (Å²) < 4.78 is 5.29. The Hall–Kier alpha value is -3.18. The van der Waals surface area contributed by atoms with E-state index in [-0.39, 0.29) is 12.5 Å². The number of benzene rings is 2. The molecule has 0 unspecified atom stereocenters. The van der Waals surface area contributed by atoms with Crippen LogP contribution in [0, 0.1) is 0 Å². The van der Waals surface area contributed by atoms with Gasteiger partial charge in [-0.25, -0.2) is 0 Å². The summed E-state index contributed by atoms with van der Waals surface area (Å²) in [6.07, 6.45) is 4.80. The first-order valence-electron chi connectivity index (χ1n) is 8.38. The van der Waals surface area contributed by atoms with Crippen LogP contribution in [0.4, 0.5) is 0 Å². The van der Waals surface area contributed by atoms with E-state index in [1.807, 2.05) is 48.5 Å². The van der Waals surface area contributed by atoms with Gasteiger partial charge in [0.05, 0.1) is 0 Å². The van der Waals surface area contributed by atoms with Gasteiger partial charge in [0.15, 0.2) is 0 Å². The SMILES string of the molecule is C=CCN(Cc1nc(-c2ccccc2)no1)C(=O)/C=C/c1ccccc1Cl. The Kier molecular flexibility index (Phi) is 6.18. The van der Waals surface area contributed by atoms with E-state index in [0.717, 1.165) is 11.1 Å². The van der Waals surface area contributed by atoms with Gasteiger partial charge < -0.3 is 9.42 Å². The number of amides is 1. The summed E-state index contributed by atoms with van der Waals surface area (Å²) in [5.74, 6) is 0.646. The maximum atomic E-state index is 12.6. The molecule has 0 N–H and O–H groups in total. The number of rotatable bonds is 7. The van der Waals surface area contributed by atoms with Crippen molar-refractivity contribution < 1.29 is 9.32 Å². The minimum atomic E-state index is -0.200. The molecule has 3 aromatic rings. The van der Waals surface area contributed by atoms with Gasteiger partial charge in [-0.15, -0.1) is 6.58 Å². The van der Waals surface area contributed by atoms with Crippen LogP contribution in [0.3, 0.4) is 0 Å². The predicted molar refractivity (Wildman–Crippen MR) is 106 cm³/mol. The van der Waals surface area contributed by atoms with E-state index >= 15 is 0 Å². The van der Waals surface area contributed by atoms with Crippen molar-refractivity contribution in [1.29, 1.82) is 0 Å². The monoisotopic (exact) mass is 379 g/mol. The molecule has 0 saturated heterocycles. The summed E-state index contributed by atoms with van der Waals surface area (Å²) in [6.45, 7) is 4.25. The second-order valence-corrected chi connectivity index (χ2v) is 6.15. The Bertz CT molecular complexity index is 951.